The highest BCUT2D eigenvalue weighted by atomic mass is 35.5. The Morgan fingerprint density at radius 3 is 2.68 bits per heavy atom. The zero-order valence-corrected chi connectivity index (χ0v) is 16.9. The molecule has 0 radical (unpaired) electrons. The standard InChI is InChI=1S/C19H27ClN2O2S/c1-4-22(5-2)9-8-21-13-15-11-17(20)19(18(12-15)23-3)24-14-16-7-6-10-25-16/h6-7,10-12,21H,4-5,8-9,13-14H2,1-3H3/p+2. The average Bonchev–Trinajstić information content (AvgIpc) is 3.14. The fraction of sp³-hybridized carbons (Fsp3) is 0.474. The third kappa shape index (κ3) is 6.19. The first-order chi connectivity index (χ1) is 12.2. The Bertz CT molecular complexity index is 631. The minimum absolute atomic E-state index is 0.506. The highest BCUT2D eigenvalue weighted by Crippen LogP contribution is 2.37. The molecule has 0 aliphatic carbocycles. The van der Waals surface area contributed by atoms with Gasteiger partial charge in [0, 0.05) is 10.4 Å². The van der Waals surface area contributed by atoms with Crippen molar-refractivity contribution in [2.75, 3.05) is 33.3 Å². The third-order valence-electron chi connectivity index (χ3n) is 4.31. The lowest BCUT2D eigenvalue weighted by atomic mass is 10.2. The van der Waals surface area contributed by atoms with Crippen LogP contribution < -0.4 is 19.7 Å². The molecule has 0 atom stereocenters. The molecule has 25 heavy (non-hydrogen) atoms. The minimum Gasteiger partial charge on any atom is -0.493 e. The molecule has 0 aliphatic rings. The molecule has 0 saturated heterocycles. The van der Waals surface area contributed by atoms with Gasteiger partial charge < -0.3 is 19.7 Å². The van der Waals surface area contributed by atoms with Gasteiger partial charge in [0.05, 0.1) is 25.2 Å². The molecule has 138 valence electrons. The number of thiophene rings is 1. The Morgan fingerprint density at radius 2 is 2.04 bits per heavy atom. The number of hydrogen-bond donors (Lipinski definition) is 2. The molecule has 1 aromatic heterocycles. The summed E-state index contributed by atoms with van der Waals surface area (Å²) in [5.41, 5.74) is 1.15. The smallest absolute Gasteiger partial charge is 0.180 e. The van der Waals surface area contributed by atoms with Gasteiger partial charge in [-0.15, -0.1) is 11.3 Å². The number of benzene rings is 1. The third-order valence-corrected chi connectivity index (χ3v) is 5.44. The zero-order valence-electron chi connectivity index (χ0n) is 15.3. The summed E-state index contributed by atoms with van der Waals surface area (Å²) < 4.78 is 11.4. The van der Waals surface area contributed by atoms with E-state index in [1.165, 1.54) is 19.6 Å². The molecule has 1 aromatic carbocycles. The van der Waals surface area contributed by atoms with Crippen LogP contribution in [0.25, 0.3) is 0 Å². The van der Waals surface area contributed by atoms with Crippen LogP contribution in [0.4, 0.5) is 0 Å². The number of quaternary nitrogens is 2. The summed E-state index contributed by atoms with van der Waals surface area (Å²) in [5, 5.41) is 4.97. The first-order valence-electron chi connectivity index (χ1n) is 8.84. The minimum atomic E-state index is 0.506. The zero-order chi connectivity index (χ0) is 18.1. The lowest BCUT2D eigenvalue weighted by Crippen LogP contribution is -3.14. The Kier molecular flexibility index (Phi) is 8.55. The van der Waals surface area contributed by atoms with Crippen LogP contribution >= 0.6 is 22.9 Å². The van der Waals surface area contributed by atoms with Gasteiger partial charge in [-0.1, -0.05) is 17.7 Å². The van der Waals surface area contributed by atoms with Gasteiger partial charge in [-0.2, -0.15) is 0 Å². The number of halogens is 1. The average molecular weight is 385 g/mol. The molecule has 4 nitrogen and oxygen atoms in total. The van der Waals surface area contributed by atoms with Gasteiger partial charge in [-0.05, 0) is 37.4 Å². The van der Waals surface area contributed by atoms with Crippen LogP contribution in [0.3, 0.4) is 0 Å². The fourth-order valence-electron chi connectivity index (χ4n) is 2.75. The van der Waals surface area contributed by atoms with Gasteiger partial charge in [0.25, 0.3) is 0 Å². The molecule has 0 saturated carbocycles. The number of nitrogens with two attached hydrogens (primary N) is 1. The van der Waals surface area contributed by atoms with E-state index in [9.17, 15) is 0 Å². The summed E-state index contributed by atoms with van der Waals surface area (Å²) in [6.45, 7) is 10.5. The second-order valence-corrected chi connectivity index (χ2v) is 7.41. The van der Waals surface area contributed by atoms with Crippen LogP contribution in [0.2, 0.25) is 5.02 Å². The molecular formula is C19H29ClN2O2S+2. The Balaban J connectivity index is 1.93. The van der Waals surface area contributed by atoms with Crippen molar-refractivity contribution < 1.29 is 19.7 Å². The molecule has 3 N–H and O–H groups in total. The van der Waals surface area contributed by atoms with E-state index in [-0.39, 0.29) is 0 Å². The molecule has 0 spiro atoms. The van der Waals surface area contributed by atoms with E-state index >= 15 is 0 Å². The number of ether oxygens (including phenoxy) is 2. The van der Waals surface area contributed by atoms with Crippen molar-refractivity contribution >= 4 is 22.9 Å². The summed E-state index contributed by atoms with van der Waals surface area (Å²) in [6, 6.07) is 8.07. The monoisotopic (exact) mass is 384 g/mol. The maximum absolute atomic E-state index is 6.44. The lowest BCUT2D eigenvalue weighted by molar-refractivity contribution is -0.910. The molecule has 0 fully saturated rings. The van der Waals surface area contributed by atoms with Gasteiger partial charge in [-0.25, -0.2) is 0 Å². The van der Waals surface area contributed by atoms with Crippen LogP contribution in [0.15, 0.2) is 29.6 Å². The number of rotatable bonds is 11. The van der Waals surface area contributed by atoms with Crippen molar-refractivity contribution in [3.05, 3.63) is 45.1 Å². The second-order valence-electron chi connectivity index (χ2n) is 5.97. The molecular weight excluding hydrogens is 356 g/mol. The van der Waals surface area contributed by atoms with Crippen molar-refractivity contribution in [3.8, 4) is 11.5 Å². The topological polar surface area (TPSA) is 39.5 Å². The van der Waals surface area contributed by atoms with Crippen molar-refractivity contribution in [1.29, 1.82) is 0 Å². The molecule has 2 aromatic rings. The summed E-state index contributed by atoms with van der Waals surface area (Å²) in [6.07, 6.45) is 0. The van der Waals surface area contributed by atoms with E-state index < -0.39 is 0 Å². The maximum Gasteiger partial charge on any atom is 0.180 e. The number of nitrogens with one attached hydrogen (secondary N) is 1. The first-order valence-corrected chi connectivity index (χ1v) is 10.1. The molecule has 6 heteroatoms. The van der Waals surface area contributed by atoms with Gasteiger partial charge in [0.2, 0.25) is 0 Å². The Morgan fingerprint density at radius 1 is 1.24 bits per heavy atom. The van der Waals surface area contributed by atoms with Crippen molar-refractivity contribution in [1.82, 2.24) is 0 Å². The van der Waals surface area contributed by atoms with Crippen molar-refractivity contribution in [2.45, 2.75) is 27.0 Å². The highest BCUT2D eigenvalue weighted by Gasteiger charge is 2.13. The first kappa shape index (κ1) is 20.0. The highest BCUT2D eigenvalue weighted by molar-refractivity contribution is 7.09. The quantitative estimate of drug-likeness (QED) is 0.581. The maximum atomic E-state index is 6.44. The van der Waals surface area contributed by atoms with E-state index in [0.29, 0.717) is 23.1 Å². The second kappa shape index (κ2) is 10.7. The van der Waals surface area contributed by atoms with E-state index in [0.717, 1.165) is 23.5 Å². The van der Waals surface area contributed by atoms with Gasteiger partial charge in [0.1, 0.15) is 26.2 Å². The van der Waals surface area contributed by atoms with E-state index in [4.69, 9.17) is 21.1 Å². The van der Waals surface area contributed by atoms with Gasteiger partial charge >= 0.3 is 0 Å². The van der Waals surface area contributed by atoms with Crippen LogP contribution in [0.1, 0.15) is 24.3 Å². The van der Waals surface area contributed by atoms with Crippen LogP contribution in [0.5, 0.6) is 11.5 Å². The molecule has 0 unspecified atom stereocenters. The molecule has 0 amide bonds. The summed E-state index contributed by atoms with van der Waals surface area (Å²) in [5.74, 6) is 1.32. The largest absolute Gasteiger partial charge is 0.493 e. The summed E-state index contributed by atoms with van der Waals surface area (Å²) in [7, 11) is 1.65. The number of methoxy groups -OCH3 is 1. The summed E-state index contributed by atoms with van der Waals surface area (Å²) >= 11 is 8.11. The predicted molar refractivity (Wildman–Crippen MR) is 104 cm³/mol. The van der Waals surface area contributed by atoms with Gasteiger partial charge in [-0.3, -0.25) is 0 Å². The van der Waals surface area contributed by atoms with E-state index in [1.807, 2.05) is 29.6 Å². The molecule has 2 rings (SSSR count). The van der Waals surface area contributed by atoms with Crippen LogP contribution in [-0.2, 0) is 13.2 Å². The van der Waals surface area contributed by atoms with Crippen molar-refractivity contribution in [2.24, 2.45) is 0 Å². The van der Waals surface area contributed by atoms with E-state index in [1.54, 1.807) is 23.3 Å². The normalized spacial score (nSPS) is 11.1. The van der Waals surface area contributed by atoms with Gasteiger partial charge in [0.15, 0.2) is 11.5 Å². The van der Waals surface area contributed by atoms with E-state index in [2.05, 4.69) is 19.2 Å². The fourth-order valence-corrected chi connectivity index (χ4v) is 3.65. The predicted octanol–water partition coefficient (Wildman–Crippen LogP) is 1.98. The summed E-state index contributed by atoms with van der Waals surface area (Å²) in [4.78, 5) is 2.79. The number of likely N-dealkylation sites (N-methyl/N-ethyl adjacent to an activating group) is 1. The molecule has 0 aliphatic heterocycles. The number of hydrogen-bond acceptors (Lipinski definition) is 3. The van der Waals surface area contributed by atoms with Crippen LogP contribution in [0, 0.1) is 0 Å². The van der Waals surface area contributed by atoms with Crippen LogP contribution in [-0.4, -0.2) is 33.3 Å². The Hall–Kier alpha value is -1.27. The lowest BCUT2D eigenvalue weighted by Gasteiger charge is -2.15. The van der Waals surface area contributed by atoms with Crippen molar-refractivity contribution in [3.63, 3.8) is 0 Å². The Labute approximate surface area is 159 Å². The molecule has 1 heterocycles. The molecule has 0 bridgehead atoms. The SMILES string of the molecule is CC[NH+](CC)CC[NH2+]Cc1cc(Cl)c(OCc2cccs2)c(OC)c1.